The fourth-order valence-corrected chi connectivity index (χ4v) is 2.34. The number of rotatable bonds is 3. The van der Waals surface area contributed by atoms with Crippen molar-refractivity contribution in [3.63, 3.8) is 0 Å². The lowest BCUT2D eigenvalue weighted by atomic mass is 10.0. The van der Waals surface area contributed by atoms with E-state index in [4.69, 9.17) is 0 Å². The standard InChI is InChI=1S/C15H16F4N2/c1-4-5-20-13-9(3)14(15(17,18)19)21-12-8(2)6-10(16)7-11(12)13/h6-7H,4-5H2,1-3H3,(H,20,21). The molecular formula is C15H16F4N2. The molecule has 1 aromatic heterocycles. The summed E-state index contributed by atoms with van der Waals surface area (Å²) in [4.78, 5) is 3.72. The van der Waals surface area contributed by atoms with E-state index in [-0.39, 0.29) is 11.1 Å². The van der Waals surface area contributed by atoms with Gasteiger partial charge in [0, 0.05) is 23.2 Å². The van der Waals surface area contributed by atoms with E-state index in [9.17, 15) is 17.6 Å². The van der Waals surface area contributed by atoms with Crippen molar-refractivity contribution >= 4 is 16.6 Å². The summed E-state index contributed by atoms with van der Waals surface area (Å²) in [5.74, 6) is -0.486. The van der Waals surface area contributed by atoms with Crippen molar-refractivity contribution in [2.24, 2.45) is 0 Å². The van der Waals surface area contributed by atoms with E-state index in [0.29, 0.717) is 23.2 Å². The Morgan fingerprint density at radius 3 is 2.43 bits per heavy atom. The first-order valence-electron chi connectivity index (χ1n) is 6.67. The Kier molecular flexibility index (Phi) is 4.07. The minimum atomic E-state index is -4.54. The largest absolute Gasteiger partial charge is 0.433 e. The van der Waals surface area contributed by atoms with E-state index in [2.05, 4.69) is 10.3 Å². The molecule has 0 aliphatic heterocycles. The molecule has 0 aliphatic rings. The van der Waals surface area contributed by atoms with E-state index in [0.717, 1.165) is 6.42 Å². The average Bonchev–Trinajstić information content (AvgIpc) is 2.35. The normalized spacial score (nSPS) is 12.0. The second-order valence-corrected chi connectivity index (χ2v) is 5.00. The summed E-state index contributed by atoms with van der Waals surface area (Å²) in [5.41, 5.74) is -0.0727. The molecule has 2 aromatic rings. The molecule has 1 N–H and O–H groups in total. The Labute approximate surface area is 120 Å². The predicted molar refractivity (Wildman–Crippen MR) is 75.0 cm³/mol. The van der Waals surface area contributed by atoms with Crippen LogP contribution in [0.25, 0.3) is 10.9 Å². The molecule has 0 saturated heterocycles. The molecular weight excluding hydrogens is 284 g/mol. The monoisotopic (exact) mass is 300 g/mol. The molecule has 0 spiro atoms. The maximum atomic E-state index is 13.6. The average molecular weight is 300 g/mol. The molecule has 0 radical (unpaired) electrons. The zero-order valence-corrected chi connectivity index (χ0v) is 12.0. The molecule has 2 rings (SSSR count). The van der Waals surface area contributed by atoms with Gasteiger partial charge < -0.3 is 5.32 Å². The highest BCUT2D eigenvalue weighted by atomic mass is 19.4. The van der Waals surface area contributed by atoms with Gasteiger partial charge in [0.15, 0.2) is 0 Å². The van der Waals surface area contributed by atoms with Crippen LogP contribution < -0.4 is 5.32 Å². The fourth-order valence-electron chi connectivity index (χ4n) is 2.34. The van der Waals surface area contributed by atoms with Crippen LogP contribution in [-0.2, 0) is 6.18 Å². The number of hydrogen-bond donors (Lipinski definition) is 1. The Hall–Kier alpha value is -1.85. The van der Waals surface area contributed by atoms with Crippen LogP contribution in [0, 0.1) is 19.7 Å². The number of nitrogens with zero attached hydrogens (tertiary/aromatic N) is 1. The van der Waals surface area contributed by atoms with Gasteiger partial charge in [0.25, 0.3) is 0 Å². The molecule has 1 heterocycles. The number of aryl methyl sites for hydroxylation is 1. The van der Waals surface area contributed by atoms with Gasteiger partial charge in [0.2, 0.25) is 0 Å². The molecule has 0 saturated carbocycles. The molecule has 0 atom stereocenters. The van der Waals surface area contributed by atoms with Crippen LogP contribution in [0.3, 0.4) is 0 Å². The van der Waals surface area contributed by atoms with Gasteiger partial charge in [-0.25, -0.2) is 9.37 Å². The molecule has 0 aliphatic carbocycles. The van der Waals surface area contributed by atoms with Crippen LogP contribution in [0.4, 0.5) is 23.2 Å². The topological polar surface area (TPSA) is 24.9 Å². The molecule has 2 nitrogen and oxygen atoms in total. The number of hydrogen-bond acceptors (Lipinski definition) is 2. The third-order valence-electron chi connectivity index (χ3n) is 3.31. The van der Waals surface area contributed by atoms with E-state index in [1.165, 1.54) is 19.1 Å². The van der Waals surface area contributed by atoms with E-state index >= 15 is 0 Å². The minimum Gasteiger partial charge on any atom is -0.384 e. The lowest BCUT2D eigenvalue weighted by Gasteiger charge is -2.18. The van der Waals surface area contributed by atoms with Crippen molar-refractivity contribution in [1.29, 1.82) is 0 Å². The van der Waals surface area contributed by atoms with Crippen LogP contribution in [0.15, 0.2) is 12.1 Å². The zero-order valence-electron chi connectivity index (χ0n) is 12.0. The van der Waals surface area contributed by atoms with Crippen molar-refractivity contribution in [1.82, 2.24) is 4.98 Å². The summed E-state index contributed by atoms with van der Waals surface area (Å²) in [5, 5.41) is 3.35. The summed E-state index contributed by atoms with van der Waals surface area (Å²) in [6.07, 6.45) is -3.79. The molecule has 0 amide bonds. The summed E-state index contributed by atoms with van der Waals surface area (Å²) in [6.45, 7) is 5.32. The van der Waals surface area contributed by atoms with Gasteiger partial charge in [-0.05, 0) is 38.0 Å². The van der Waals surface area contributed by atoms with Crippen molar-refractivity contribution in [3.05, 3.63) is 34.8 Å². The minimum absolute atomic E-state index is 0.00606. The second kappa shape index (κ2) is 5.50. The SMILES string of the molecule is CCCNc1c(C)c(C(F)(F)F)nc2c(C)cc(F)cc12. The summed E-state index contributed by atoms with van der Waals surface area (Å²) < 4.78 is 53.0. The number of anilines is 1. The van der Waals surface area contributed by atoms with E-state index in [1.54, 1.807) is 6.92 Å². The van der Waals surface area contributed by atoms with Crippen molar-refractivity contribution in [3.8, 4) is 0 Å². The van der Waals surface area contributed by atoms with Gasteiger partial charge in [-0.15, -0.1) is 0 Å². The summed E-state index contributed by atoms with van der Waals surface area (Å²) in [6, 6.07) is 2.41. The van der Waals surface area contributed by atoms with Crippen molar-refractivity contribution < 1.29 is 17.6 Å². The number of fused-ring (bicyclic) bond motifs is 1. The lowest BCUT2D eigenvalue weighted by Crippen LogP contribution is -2.14. The highest BCUT2D eigenvalue weighted by molar-refractivity contribution is 5.95. The molecule has 0 fully saturated rings. The number of nitrogens with one attached hydrogen (secondary N) is 1. The Morgan fingerprint density at radius 2 is 1.86 bits per heavy atom. The first-order valence-corrected chi connectivity index (χ1v) is 6.67. The summed E-state index contributed by atoms with van der Waals surface area (Å²) in [7, 11) is 0. The molecule has 0 unspecified atom stereocenters. The van der Waals surface area contributed by atoms with Crippen LogP contribution in [0.5, 0.6) is 0 Å². The smallest absolute Gasteiger partial charge is 0.384 e. The van der Waals surface area contributed by atoms with Gasteiger partial charge in [-0.3, -0.25) is 0 Å². The van der Waals surface area contributed by atoms with Gasteiger partial charge in [0.05, 0.1) is 5.52 Å². The van der Waals surface area contributed by atoms with Crippen molar-refractivity contribution in [2.45, 2.75) is 33.4 Å². The third-order valence-corrected chi connectivity index (χ3v) is 3.31. The maximum Gasteiger partial charge on any atom is 0.433 e. The number of alkyl halides is 3. The Bertz CT molecular complexity index is 678. The highest BCUT2D eigenvalue weighted by Gasteiger charge is 2.36. The Morgan fingerprint density at radius 1 is 1.19 bits per heavy atom. The van der Waals surface area contributed by atoms with Crippen molar-refractivity contribution in [2.75, 3.05) is 11.9 Å². The molecule has 6 heteroatoms. The first kappa shape index (κ1) is 15.5. The number of aromatic nitrogens is 1. The van der Waals surface area contributed by atoms with Crippen LogP contribution in [0.1, 0.15) is 30.2 Å². The van der Waals surface area contributed by atoms with Gasteiger partial charge in [-0.1, -0.05) is 6.92 Å². The first-order chi connectivity index (χ1) is 9.75. The predicted octanol–water partition coefficient (Wildman–Crippen LogP) is 4.83. The quantitative estimate of drug-likeness (QED) is 0.821. The molecule has 114 valence electrons. The molecule has 21 heavy (non-hydrogen) atoms. The number of pyridine rings is 1. The fraction of sp³-hybridized carbons (Fsp3) is 0.400. The maximum absolute atomic E-state index is 13.6. The van der Waals surface area contributed by atoms with Gasteiger partial charge in [-0.2, -0.15) is 13.2 Å². The third kappa shape index (κ3) is 2.94. The second-order valence-electron chi connectivity index (χ2n) is 5.00. The molecule has 0 bridgehead atoms. The van der Waals surface area contributed by atoms with Crippen LogP contribution >= 0.6 is 0 Å². The molecule has 1 aromatic carbocycles. The van der Waals surface area contributed by atoms with Crippen LogP contribution in [-0.4, -0.2) is 11.5 Å². The van der Waals surface area contributed by atoms with Gasteiger partial charge >= 0.3 is 6.18 Å². The number of halogens is 4. The lowest BCUT2D eigenvalue weighted by molar-refractivity contribution is -0.141. The summed E-state index contributed by atoms with van der Waals surface area (Å²) >= 11 is 0. The zero-order chi connectivity index (χ0) is 15.8. The van der Waals surface area contributed by atoms with Gasteiger partial charge in [0.1, 0.15) is 11.5 Å². The Balaban J connectivity index is 2.83. The van der Waals surface area contributed by atoms with E-state index in [1.807, 2.05) is 6.92 Å². The number of benzene rings is 1. The highest BCUT2D eigenvalue weighted by Crippen LogP contribution is 2.38. The van der Waals surface area contributed by atoms with E-state index < -0.39 is 17.7 Å². The van der Waals surface area contributed by atoms with Crippen LogP contribution in [0.2, 0.25) is 0 Å².